The van der Waals surface area contributed by atoms with E-state index in [1.165, 1.54) is 5.82 Å². The molecule has 0 aromatic carbocycles. The average molecular weight is 235 g/mol. The molecule has 0 heterocycles. The lowest BCUT2D eigenvalue weighted by Crippen LogP contribution is -2.36. The summed E-state index contributed by atoms with van der Waals surface area (Å²) in [5.41, 5.74) is 0. The van der Waals surface area contributed by atoms with Crippen LogP contribution in [0.2, 0.25) is 0 Å². The molecule has 0 saturated carbocycles. The lowest BCUT2D eigenvalue weighted by molar-refractivity contribution is 0.235. The van der Waals surface area contributed by atoms with Gasteiger partial charge in [0.1, 0.15) is 5.82 Å². The molecule has 0 aliphatic carbocycles. The summed E-state index contributed by atoms with van der Waals surface area (Å²) in [5.74, 6) is 1.24. The topological polar surface area (TPSA) is 6.48 Å². The zero-order chi connectivity index (χ0) is 11.1. The molecule has 0 spiro atoms. The highest BCUT2D eigenvalue weighted by atomic mass is 35.5. The first-order valence-electron chi connectivity index (χ1n) is 5.48. The van der Waals surface area contributed by atoms with Crippen LogP contribution < -0.4 is 0 Å². The summed E-state index contributed by atoms with van der Waals surface area (Å²) in [7, 11) is 0.928. The minimum Gasteiger partial charge on any atom is -0.358 e. The first kappa shape index (κ1) is 13.8. The molecule has 0 atom stereocenters. The molecular weight excluding hydrogens is 212 g/mol. The molecule has 0 saturated heterocycles. The van der Waals surface area contributed by atoms with Crippen LogP contribution in [-0.4, -0.2) is 46.2 Å². The Bertz CT molecular complexity index is 169. The van der Waals surface area contributed by atoms with E-state index in [0.29, 0.717) is 0 Å². The van der Waals surface area contributed by atoms with E-state index in [1.54, 1.807) is 0 Å². The maximum absolute atomic E-state index is 6.21. The van der Waals surface area contributed by atoms with Crippen molar-refractivity contribution < 1.29 is 0 Å². The lowest BCUT2D eigenvalue weighted by Gasteiger charge is -2.34. The van der Waals surface area contributed by atoms with Crippen molar-refractivity contribution in [3.8, 4) is 0 Å². The first-order valence-corrected chi connectivity index (χ1v) is 6.86. The van der Waals surface area contributed by atoms with Crippen LogP contribution in [0, 0.1) is 0 Å². The molecule has 0 aliphatic rings. The summed E-state index contributed by atoms with van der Waals surface area (Å²) in [6.45, 7) is 12.8. The molecule has 4 heteroatoms. The van der Waals surface area contributed by atoms with Gasteiger partial charge < -0.3 is 9.80 Å². The van der Waals surface area contributed by atoms with E-state index in [0.717, 1.165) is 41.1 Å². The molecule has 0 aromatic rings. The van der Waals surface area contributed by atoms with Crippen LogP contribution in [0.4, 0.5) is 0 Å². The molecule has 0 bridgehead atoms. The third kappa shape index (κ3) is 3.54. The van der Waals surface area contributed by atoms with E-state index in [4.69, 9.17) is 11.6 Å². The molecule has 14 heavy (non-hydrogen) atoms. The van der Waals surface area contributed by atoms with Crippen LogP contribution in [0.5, 0.6) is 0 Å². The van der Waals surface area contributed by atoms with Crippen molar-refractivity contribution in [2.24, 2.45) is 0 Å². The van der Waals surface area contributed by atoms with Gasteiger partial charge in [-0.2, -0.15) is 0 Å². The van der Waals surface area contributed by atoms with Gasteiger partial charge >= 0.3 is 0 Å². The largest absolute Gasteiger partial charge is 0.358 e. The molecule has 0 amide bonds. The molecular formula is C10H23ClN2Si. The number of hydrogen-bond donors (Lipinski definition) is 0. The highest BCUT2D eigenvalue weighted by Crippen LogP contribution is 2.15. The molecule has 0 aromatic heterocycles. The molecule has 0 unspecified atom stereocenters. The van der Waals surface area contributed by atoms with E-state index in [1.807, 2.05) is 0 Å². The number of rotatable bonds is 6. The van der Waals surface area contributed by atoms with Crippen molar-refractivity contribution >= 4 is 21.8 Å². The molecule has 0 aliphatic heterocycles. The Labute approximate surface area is 96.3 Å². The molecule has 0 N–H and O–H groups in total. The quantitative estimate of drug-likeness (QED) is 0.642. The third-order valence-electron chi connectivity index (χ3n) is 2.43. The fourth-order valence-electron chi connectivity index (χ4n) is 1.68. The molecule has 84 valence electrons. The van der Waals surface area contributed by atoms with Crippen molar-refractivity contribution in [3.05, 3.63) is 10.5 Å². The second kappa shape index (κ2) is 7.18. The van der Waals surface area contributed by atoms with E-state index in [-0.39, 0.29) is 0 Å². The van der Waals surface area contributed by atoms with Gasteiger partial charge in [0.2, 0.25) is 0 Å². The van der Waals surface area contributed by atoms with Crippen LogP contribution in [-0.2, 0) is 0 Å². The maximum Gasteiger partial charge on any atom is 0.113 e. The fraction of sp³-hybridized carbons (Fsp3) is 0.800. The van der Waals surface area contributed by atoms with Gasteiger partial charge in [-0.25, -0.2) is 0 Å². The number of nitrogens with zero attached hydrogens (tertiary/aromatic N) is 2. The second-order valence-electron chi connectivity index (χ2n) is 3.20. The molecule has 0 radical (unpaired) electrons. The lowest BCUT2D eigenvalue weighted by atomic mass is 10.4. The Balaban J connectivity index is 4.84. The van der Waals surface area contributed by atoms with Crippen molar-refractivity contribution in [2.75, 3.05) is 26.2 Å². The normalized spacial score (nSPS) is 10.1. The summed E-state index contributed by atoms with van der Waals surface area (Å²) in [6.07, 6.45) is 0. The standard InChI is InChI=1S/C10H23ClN2Si/c1-5-12(6-2)10(9(11)14)13(7-3)8-4/h5-8H2,1-4,14H3. The molecule has 0 fully saturated rings. The van der Waals surface area contributed by atoms with Crippen molar-refractivity contribution in [1.82, 2.24) is 9.80 Å². The van der Waals surface area contributed by atoms with Gasteiger partial charge in [0.15, 0.2) is 0 Å². The summed E-state index contributed by atoms with van der Waals surface area (Å²) in [5, 5.41) is 0. The maximum atomic E-state index is 6.21. The summed E-state index contributed by atoms with van der Waals surface area (Å²) in [4.78, 5) is 4.67. The zero-order valence-electron chi connectivity index (χ0n) is 10.1. The van der Waals surface area contributed by atoms with Crippen LogP contribution in [0.1, 0.15) is 27.7 Å². The van der Waals surface area contributed by atoms with E-state index >= 15 is 0 Å². The van der Waals surface area contributed by atoms with Crippen LogP contribution in [0.3, 0.4) is 0 Å². The highest BCUT2D eigenvalue weighted by molar-refractivity contribution is 6.52. The Kier molecular flexibility index (Phi) is 7.10. The van der Waals surface area contributed by atoms with Crippen LogP contribution in [0.15, 0.2) is 10.5 Å². The average Bonchev–Trinajstić information content (AvgIpc) is 2.18. The van der Waals surface area contributed by atoms with E-state index < -0.39 is 0 Å². The Morgan fingerprint density at radius 3 is 1.36 bits per heavy atom. The Morgan fingerprint density at radius 1 is 0.929 bits per heavy atom. The summed E-state index contributed by atoms with van der Waals surface area (Å²) >= 11 is 6.21. The van der Waals surface area contributed by atoms with Gasteiger partial charge in [0.05, 0.1) is 10.2 Å². The first-order chi connectivity index (χ1) is 6.62. The number of halogens is 1. The van der Waals surface area contributed by atoms with Gasteiger partial charge in [-0.3, -0.25) is 0 Å². The Morgan fingerprint density at radius 2 is 1.21 bits per heavy atom. The smallest absolute Gasteiger partial charge is 0.113 e. The predicted molar refractivity (Wildman–Crippen MR) is 68.7 cm³/mol. The minimum atomic E-state index is 0.928. The monoisotopic (exact) mass is 234 g/mol. The predicted octanol–water partition coefficient (Wildman–Crippen LogP) is 1.40. The summed E-state index contributed by atoms with van der Waals surface area (Å²) in [6, 6.07) is 0. The SMILES string of the molecule is CCN(CC)C(=C([SiH3])Cl)N(CC)CC. The fourth-order valence-corrected chi connectivity index (χ4v) is 2.55. The Hall–Kier alpha value is -0.153. The van der Waals surface area contributed by atoms with Crippen molar-refractivity contribution in [1.29, 1.82) is 0 Å². The van der Waals surface area contributed by atoms with Gasteiger partial charge in [0, 0.05) is 30.8 Å². The van der Waals surface area contributed by atoms with Crippen molar-refractivity contribution in [3.63, 3.8) is 0 Å². The second-order valence-corrected chi connectivity index (χ2v) is 5.40. The van der Waals surface area contributed by atoms with Gasteiger partial charge in [-0.15, -0.1) is 0 Å². The third-order valence-corrected chi connectivity index (χ3v) is 3.05. The highest BCUT2D eigenvalue weighted by Gasteiger charge is 2.13. The minimum absolute atomic E-state index is 0.928. The van der Waals surface area contributed by atoms with E-state index in [9.17, 15) is 0 Å². The molecule has 0 rings (SSSR count). The van der Waals surface area contributed by atoms with Gasteiger partial charge in [-0.1, -0.05) is 11.6 Å². The number of hydrogen-bond acceptors (Lipinski definition) is 2. The zero-order valence-corrected chi connectivity index (χ0v) is 12.9. The van der Waals surface area contributed by atoms with E-state index in [2.05, 4.69) is 37.5 Å². The van der Waals surface area contributed by atoms with Crippen LogP contribution in [0.25, 0.3) is 0 Å². The summed E-state index contributed by atoms with van der Waals surface area (Å²) < 4.78 is 1.03. The van der Waals surface area contributed by atoms with Gasteiger partial charge in [0.25, 0.3) is 0 Å². The van der Waals surface area contributed by atoms with Crippen molar-refractivity contribution in [2.45, 2.75) is 27.7 Å². The van der Waals surface area contributed by atoms with Crippen LogP contribution >= 0.6 is 11.6 Å². The van der Waals surface area contributed by atoms with Gasteiger partial charge in [-0.05, 0) is 27.7 Å². The molecule has 2 nitrogen and oxygen atoms in total.